The van der Waals surface area contributed by atoms with Crippen molar-refractivity contribution in [2.24, 2.45) is 29.6 Å². The van der Waals surface area contributed by atoms with Crippen molar-refractivity contribution in [3.05, 3.63) is 0 Å². The lowest BCUT2D eigenvalue weighted by atomic mass is 9.51. The van der Waals surface area contributed by atoms with Gasteiger partial charge >= 0.3 is 0 Å². The third-order valence-electron chi connectivity index (χ3n) is 5.54. The van der Waals surface area contributed by atoms with Crippen LogP contribution in [0.4, 0.5) is 0 Å². The highest BCUT2D eigenvalue weighted by molar-refractivity contribution is 5.01. The zero-order valence-corrected chi connectivity index (χ0v) is 10.9. The zero-order valence-electron chi connectivity index (χ0n) is 10.9. The van der Waals surface area contributed by atoms with E-state index in [0.29, 0.717) is 0 Å². The largest absolute Gasteiger partial charge is 0.302 e. The molecule has 0 aliphatic heterocycles. The highest BCUT2D eigenvalue weighted by Crippen LogP contribution is 2.57. The molecule has 4 rings (SSSR count). The summed E-state index contributed by atoms with van der Waals surface area (Å²) in [4.78, 5) is 0. The van der Waals surface area contributed by atoms with Crippen LogP contribution >= 0.6 is 0 Å². The lowest BCUT2D eigenvalue weighted by Crippen LogP contribution is -2.47. The molecule has 17 heavy (non-hydrogen) atoms. The van der Waals surface area contributed by atoms with Gasteiger partial charge in [-0.2, -0.15) is 5.26 Å². The van der Waals surface area contributed by atoms with Gasteiger partial charge in [0.15, 0.2) is 0 Å². The second kappa shape index (κ2) is 4.61. The fraction of sp³-hybridized carbons (Fsp3) is 0.933. The summed E-state index contributed by atoms with van der Waals surface area (Å²) in [5.74, 6) is 4.87. The van der Waals surface area contributed by atoms with E-state index >= 15 is 0 Å². The van der Waals surface area contributed by atoms with Gasteiger partial charge in [-0.3, -0.25) is 0 Å². The van der Waals surface area contributed by atoms with Gasteiger partial charge in [-0.05, 0) is 74.7 Å². The molecule has 2 heteroatoms. The molecule has 0 saturated heterocycles. The smallest absolute Gasteiger partial charge is 0.0955 e. The topological polar surface area (TPSA) is 35.8 Å². The molecule has 0 aromatic rings. The molecule has 4 fully saturated rings. The molecule has 0 heterocycles. The van der Waals surface area contributed by atoms with E-state index in [1.807, 2.05) is 0 Å². The maximum atomic E-state index is 9.20. The Morgan fingerprint density at radius 2 is 1.71 bits per heavy atom. The Morgan fingerprint density at radius 3 is 2.18 bits per heavy atom. The molecule has 4 aliphatic rings. The summed E-state index contributed by atoms with van der Waals surface area (Å²) in [6.45, 7) is 3.02. The van der Waals surface area contributed by atoms with Crippen molar-refractivity contribution < 1.29 is 0 Å². The van der Waals surface area contributed by atoms with Crippen molar-refractivity contribution in [1.29, 1.82) is 5.26 Å². The second-order valence-corrected chi connectivity index (χ2v) is 6.57. The van der Waals surface area contributed by atoms with E-state index in [1.165, 1.54) is 32.1 Å². The van der Waals surface area contributed by atoms with Gasteiger partial charge in [0.1, 0.15) is 0 Å². The number of nitrogens with zero attached hydrogens (tertiary/aromatic N) is 1. The Kier molecular flexibility index (Phi) is 3.13. The fourth-order valence-corrected chi connectivity index (χ4v) is 5.12. The summed E-state index contributed by atoms with van der Waals surface area (Å²) in [6.07, 6.45) is 8.53. The molecule has 1 atom stereocenters. The molecule has 0 aromatic heterocycles. The molecular formula is C15H24N2. The van der Waals surface area contributed by atoms with Gasteiger partial charge in [0.2, 0.25) is 0 Å². The first-order valence-corrected chi connectivity index (χ1v) is 7.43. The van der Waals surface area contributed by atoms with Crippen molar-refractivity contribution in [3.8, 4) is 6.07 Å². The Bertz CT molecular complexity index is 289. The molecule has 2 nitrogen and oxygen atoms in total. The minimum Gasteiger partial charge on any atom is -0.302 e. The van der Waals surface area contributed by atoms with Crippen LogP contribution in [0, 0.1) is 40.9 Å². The van der Waals surface area contributed by atoms with E-state index < -0.39 is 0 Å². The minimum atomic E-state index is 0.0996. The maximum absolute atomic E-state index is 9.20. The third-order valence-corrected chi connectivity index (χ3v) is 5.54. The molecule has 4 saturated carbocycles. The summed E-state index contributed by atoms with van der Waals surface area (Å²) < 4.78 is 0. The van der Waals surface area contributed by atoms with E-state index in [0.717, 1.165) is 42.6 Å². The fourth-order valence-electron chi connectivity index (χ4n) is 5.12. The maximum Gasteiger partial charge on any atom is 0.0955 e. The number of nitriles is 1. The molecule has 94 valence electrons. The van der Waals surface area contributed by atoms with Crippen LogP contribution in [0.1, 0.15) is 45.4 Å². The highest BCUT2D eigenvalue weighted by Gasteiger charge is 2.48. The summed E-state index contributed by atoms with van der Waals surface area (Å²) >= 11 is 0. The molecule has 4 aliphatic carbocycles. The van der Waals surface area contributed by atoms with Crippen LogP contribution in [0.3, 0.4) is 0 Å². The third kappa shape index (κ3) is 2.10. The molecule has 4 bridgehead atoms. The van der Waals surface area contributed by atoms with E-state index in [2.05, 4.69) is 18.3 Å². The molecule has 0 spiro atoms. The van der Waals surface area contributed by atoms with Gasteiger partial charge < -0.3 is 5.32 Å². The Labute approximate surface area is 105 Å². The molecule has 0 radical (unpaired) electrons. The van der Waals surface area contributed by atoms with E-state index in [1.54, 1.807) is 0 Å². The monoisotopic (exact) mass is 232 g/mol. The Balaban J connectivity index is 1.66. The molecular weight excluding hydrogens is 208 g/mol. The lowest BCUT2D eigenvalue weighted by Gasteiger charge is -2.55. The molecule has 0 amide bonds. The van der Waals surface area contributed by atoms with Crippen molar-refractivity contribution in [3.63, 3.8) is 0 Å². The normalized spacial score (nSPS) is 44.6. The summed E-state index contributed by atoms with van der Waals surface area (Å²) in [5, 5.41) is 12.5. The average molecular weight is 232 g/mol. The predicted molar refractivity (Wildman–Crippen MR) is 68.2 cm³/mol. The highest BCUT2D eigenvalue weighted by atomic mass is 14.9. The van der Waals surface area contributed by atoms with Crippen LogP contribution in [-0.4, -0.2) is 12.6 Å². The standard InChI is InChI=1S/C15H24N2/c1-2-17-14(9-16)8-15-12-4-10-3-11(6-12)7-13(15)5-10/h10-15,17H,2-8H2,1H3. The van der Waals surface area contributed by atoms with Crippen LogP contribution in [0.25, 0.3) is 0 Å². The first-order valence-electron chi connectivity index (χ1n) is 7.43. The number of nitrogens with one attached hydrogen (secondary N) is 1. The van der Waals surface area contributed by atoms with Crippen molar-refractivity contribution >= 4 is 0 Å². The number of rotatable bonds is 4. The Morgan fingerprint density at radius 1 is 1.12 bits per heavy atom. The van der Waals surface area contributed by atoms with Crippen molar-refractivity contribution in [2.45, 2.75) is 51.5 Å². The van der Waals surface area contributed by atoms with E-state index in [-0.39, 0.29) is 6.04 Å². The van der Waals surface area contributed by atoms with Crippen LogP contribution < -0.4 is 5.32 Å². The summed E-state index contributed by atoms with van der Waals surface area (Å²) in [7, 11) is 0. The second-order valence-electron chi connectivity index (χ2n) is 6.57. The van der Waals surface area contributed by atoms with Crippen LogP contribution in [0.15, 0.2) is 0 Å². The van der Waals surface area contributed by atoms with Crippen LogP contribution in [-0.2, 0) is 0 Å². The summed E-state index contributed by atoms with van der Waals surface area (Å²) in [5.41, 5.74) is 0. The van der Waals surface area contributed by atoms with Gasteiger partial charge in [0, 0.05) is 0 Å². The van der Waals surface area contributed by atoms with Crippen molar-refractivity contribution in [1.82, 2.24) is 5.32 Å². The molecule has 1 N–H and O–H groups in total. The number of hydrogen-bond acceptors (Lipinski definition) is 2. The van der Waals surface area contributed by atoms with E-state index in [9.17, 15) is 5.26 Å². The van der Waals surface area contributed by atoms with Crippen LogP contribution in [0.5, 0.6) is 0 Å². The minimum absolute atomic E-state index is 0.0996. The quantitative estimate of drug-likeness (QED) is 0.809. The summed E-state index contributed by atoms with van der Waals surface area (Å²) in [6, 6.07) is 2.55. The van der Waals surface area contributed by atoms with Gasteiger partial charge in [0.25, 0.3) is 0 Å². The zero-order chi connectivity index (χ0) is 11.8. The first-order chi connectivity index (χ1) is 8.30. The van der Waals surface area contributed by atoms with Crippen LogP contribution in [0.2, 0.25) is 0 Å². The van der Waals surface area contributed by atoms with Crippen molar-refractivity contribution in [2.75, 3.05) is 6.54 Å². The molecule has 0 aromatic carbocycles. The van der Waals surface area contributed by atoms with E-state index in [4.69, 9.17) is 0 Å². The van der Waals surface area contributed by atoms with Gasteiger partial charge in [-0.25, -0.2) is 0 Å². The molecule has 1 unspecified atom stereocenters. The van der Waals surface area contributed by atoms with Gasteiger partial charge in [-0.1, -0.05) is 6.92 Å². The average Bonchev–Trinajstić information content (AvgIpc) is 2.31. The SMILES string of the molecule is CCNC(C#N)CC1C2CC3CC(C2)CC1C3. The first kappa shape index (κ1) is 11.5. The predicted octanol–water partition coefficient (Wildman–Crippen LogP) is 2.95. The van der Waals surface area contributed by atoms with Gasteiger partial charge in [0.05, 0.1) is 12.1 Å². The number of hydrogen-bond donors (Lipinski definition) is 1. The lowest BCUT2D eigenvalue weighted by molar-refractivity contribution is -0.0413. The van der Waals surface area contributed by atoms with Gasteiger partial charge in [-0.15, -0.1) is 0 Å². The Hall–Kier alpha value is -0.550.